The molecule has 0 spiro atoms. The molecule has 0 saturated carbocycles. The predicted molar refractivity (Wildman–Crippen MR) is 86.5 cm³/mol. The molecule has 2 N–H and O–H groups in total. The van der Waals surface area contributed by atoms with Gasteiger partial charge in [0, 0.05) is 24.8 Å². The highest BCUT2D eigenvalue weighted by atomic mass is 16.2. The molecular formula is C17H20N4O. The van der Waals surface area contributed by atoms with Crippen molar-refractivity contribution in [3.05, 3.63) is 47.8 Å². The largest absolute Gasteiger partial charge is 0.307 e. The monoisotopic (exact) mass is 296 g/mol. The zero-order valence-electron chi connectivity index (χ0n) is 12.7. The molecule has 2 aromatic rings. The summed E-state index contributed by atoms with van der Waals surface area (Å²) in [6.45, 7) is 2.70. The van der Waals surface area contributed by atoms with Crippen molar-refractivity contribution in [3.63, 3.8) is 0 Å². The molecule has 3 rings (SSSR count). The van der Waals surface area contributed by atoms with E-state index in [9.17, 15) is 4.79 Å². The normalized spacial score (nSPS) is 15.2. The first-order valence-electron chi connectivity index (χ1n) is 7.62. The quantitative estimate of drug-likeness (QED) is 0.851. The summed E-state index contributed by atoms with van der Waals surface area (Å²) >= 11 is 0. The number of anilines is 1. The lowest BCUT2D eigenvalue weighted by atomic mass is 9.96. The Balaban J connectivity index is 1.73. The van der Waals surface area contributed by atoms with E-state index in [1.165, 1.54) is 5.56 Å². The van der Waals surface area contributed by atoms with Gasteiger partial charge in [-0.15, -0.1) is 0 Å². The van der Waals surface area contributed by atoms with E-state index in [4.69, 9.17) is 5.41 Å². The van der Waals surface area contributed by atoms with Gasteiger partial charge in [0.2, 0.25) is 0 Å². The maximum Gasteiger partial charge on any atom is 0.271 e. The van der Waals surface area contributed by atoms with Crippen LogP contribution in [0.5, 0.6) is 0 Å². The number of carbonyl (C=O) groups is 1. The van der Waals surface area contributed by atoms with Gasteiger partial charge in [0.05, 0.1) is 11.9 Å². The van der Waals surface area contributed by atoms with Crippen LogP contribution < -0.4 is 4.90 Å². The van der Waals surface area contributed by atoms with Gasteiger partial charge in [-0.05, 0) is 36.0 Å². The molecule has 0 bridgehead atoms. The van der Waals surface area contributed by atoms with Crippen LogP contribution in [0.25, 0.3) is 0 Å². The lowest BCUT2D eigenvalue weighted by molar-refractivity contribution is -0.112. The second-order valence-electron chi connectivity index (χ2n) is 5.80. The Morgan fingerprint density at radius 1 is 1.45 bits per heavy atom. The summed E-state index contributed by atoms with van der Waals surface area (Å²) in [5, 5.41) is 14.9. The lowest BCUT2D eigenvalue weighted by Gasteiger charge is -2.29. The summed E-state index contributed by atoms with van der Waals surface area (Å²) in [6.07, 6.45) is 5.94. The summed E-state index contributed by atoms with van der Waals surface area (Å²) in [5.74, 6) is -0.0715. The molecule has 114 valence electrons. The first-order chi connectivity index (χ1) is 10.7. The van der Waals surface area contributed by atoms with Gasteiger partial charge in [-0.2, -0.15) is 5.10 Å². The molecule has 0 saturated heterocycles. The highest BCUT2D eigenvalue weighted by Crippen LogP contribution is 2.27. The minimum absolute atomic E-state index is 0.107. The average Bonchev–Trinajstić information content (AvgIpc) is 3.08. The van der Waals surface area contributed by atoms with Crippen LogP contribution in [0, 0.1) is 5.41 Å². The molecule has 1 aromatic heterocycles. The Labute approximate surface area is 129 Å². The van der Waals surface area contributed by atoms with Gasteiger partial charge >= 0.3 is 0 Å². The number of hydrogen-bond donors (Lipinski definition) is 2. The van der Waals surface area contributed by atoms with Crippen LogP contribution in [0.1, 0.15) is 36.8 Å². The first-order valence-corrected chi connectivity index (χ1v) is 7.62. The molecule has 1 atom stereocenters. The summed E-state index contributed by atoms with van der Waals surface area (Å²) in [6, 6.07) is 7.98. The van der Waals surface area contributed by atoms with Crippen molar-refractivity contribution in [2.75, 3.05) is 11.4 Å². The molecule has 2 heterocycles. The van der Waals surface area contributed by atoms with Gasteiger partial charge in [-0.1, -0.05) is 25.1 Å². The van der Waals surface area contributed by atoms with Gasteiger partial charge in [0.25, 0.3) is 5.91 Å². The fourth-order valence-corrected chi connectivity index (χ4v) is 2.95. The van der Waals surface area contributed by atoms with Crippen molar-refractivity contribution >= 4 is 17.3 Å². The molecule has 1 aliphatic heterocycles. The van der Waals surface area contributed by atoms with E-state index in [0.29, 0.717) is 13.0 Å². The third-order valence-electron chi connectivity index (χ3n) is 4.21. The van der Waals surface area contributed by atoms with Crippen LogP contribution in [-0.2, 0) is 11.2 Å². The van der Waals surface area contributed by atoms with E-state index in [2.05, 4.69) is 16.3 Å². The Morgan fingerprint density at radius 3 is 3.05 bits per heavy atom. The van der Waals surface area contributed by atoms with Gasteiger partial charge in [0.1, 0.15) is 0 Å². The third kappa shape index (κ3) is 2.79. The first kappa shape index (κ1) is 14.5. The minimum Gasteiger partial charge on any atom is -0.307 e. The second kappa shape index (κ2) is 6.13. The summed E-state index contributed by atoms with van der Waals surface area (Å²) in [5.41, 5.74) is 3.33. The smallest absolute Gasteiger partial charge is 0.271 e. The zero-order valence-corrected chi connectivity index (χ0v) is 12.7. The molecular weight excluding hydrogens is 276 g/mol. The van der Waals surface area contributed by atoms with E-state index in [1.807, 2.05) is 31.3 Å². The number of H-pyrrole nitrogens is 1. The van der Waals surface area contributed by atoms with Crippen LogP contribution in [-0.4, -0.2) is 28.4 Å². The van der Waals surface area contributed by atoms with Crippen LogP contribution >= 0.6 is 0 Å². The van der Waals surface area contributed by atoms with Gasteiger partial charge < -0.3 is 4.90 Å². The van der Waals surface area contributed by atoms with Crippen molar-refractivity contribution < 1.29 is 4.79 Å². The average molecular weight is 296 g/mol. The molecule has 1 amide bonds. The molecule has 22 heavy (non-hydrogen) atoms. The number of nitrogens with one attached hydrogen (secondary N) is 2. The summed E-state index contributed by atoms with van der Waals surface area (Å²) < 4.78 is 0. The molecule has 1 aliphatic rings. The Hall–Kier alpha value is -2.43. The van der Waals surface area contributed by atoms with E-state index < -0.39 is 0 Å². The van der Waals surface area contributed by atoms with E-state index in [0.717, 1.165) is 24.1 Å². The SMILES string of the molecule is CC(CC(=N)C(=O)N1CCCc2ccccc21)c1cn[nH]c1. The van der Waals surface area contributed by atoms with E-state index in [-0.39, 0.29) is 17.5 Å². The van der Waals surface area contributed by atoms with Gasteiger partial charge in [0.15, 0.2) is 0 Å². The highest BCUT2D eigenvalue weighted by molar-refractivity contribution is 6.42. The lowest BCUT2D eigenvalue weighted by Crippen LogP contribution is -2.40. The van der Waals surface area contributed by atoms with Gasteiger partial charge in [-0.25, -0.2) is 0 Å². The fourth-order valence-electron chi connectivity index (χ4n) is 2.95. The van der Waals surface area contributed by atoms with Gasteiger partial charge in [-0.3, -0.25) is 15.3 Å². The molecule has 0 aliphatic carbocycles. The van der Waals surface area contributed by atoms with Crippen molar-refractivity contribution in [1.82, 2.24) is 10.2 Å². The number of aromatic nitrogens is 2. The Bertz CT molecular complexity index is 678. The topological polar surface area (TPSA) is 72.8 Å². The molecule has 5 heteroatoms. The maximum absolute atomic E-state index is 12.6. The molecule has 1 aromatic carbocycles. The summed E-state index contributed by atoms with van der Waals surface area (Å²) in [4.78, 5) is 14.4. The fraction of sp³-hybridized carbons (Fsp3) is 0.353. The van der Waals surface area contributed by atoms with Crippen molar-refractivity contribution in [2.45, 2.75) is 32.1 Å². The molecule has 1 unspecified atom stereocenters. The number of aryl methyl sites for hydroxylation is 1. The van der Waals surface area contributed by atoms with Crippen molar-refractivity contribution in [1.29, 1.82) is 5.41 Å². The standard InChI is InChI=1S/C17H20N4O/c1-12(14-10-19-20-11-14)9-15(18)17(22)21-8-4-6-13-5-2-3-7-16(13)21/h2-3,5,7,10-12,18H,4,6,8-9H2,1H3,(H,19,20). The van der Waals surface area contributed by atoms with Crippen LogP contribution in [0.3, 0.4) is 0 Å². The highest BCUT2D eigenvalue weighted by Gasteiger charge is 2.26. The van der Waals surface area contributed by atoms with Crippen LogP contribution in [0.4, 0.5) is 5.69 Å². The molecule has 0 fully saturated rings. The van der Waals surface area contributed by atoms with Crippen molar-refractivity contribution in [3.8, 4) is 0 Å². The van der Waals surface area contributed by atoms with Crippen LogP contribution in [0.2, 0.25) is 0 Å². The number of amides is 1. The third-order valence-corrected chi connectivity index (χ3v) is 4.21. The number of hydrogen-bond acceptors (Lipinski definition) is 3. The number of nitrogens with zero attached hydrogens (tertiary/aromatic N) is 2. The Morgan fingerprint density at radius 2 is 2.27 bits per heavy atom. The molecule has 5 nitrogen and oxygen atoms in total. The summed E-state index contributed by atoms with van der Waals surface area (Å²) in [7, 11) is 0. The minimum atomic E-state index is -0.178. The number of fused-ring (bicyclic) bond motifs is 1. The zero-order chi connectivity index (χ0) is 15.5. The maximum atomic E-state index is 12.6. The number of carbonyl (C=O) groups excluding carboxylic acids is 1. The van der Waals surface area contributed by atoms with Crippen LogP contribution in [0.15, 0.2) is 36.7 Å². The predicted octanol–water partition coefficient (Wildman–Crippen LogP) is 2.90. The van der Waals surface area contributed by atoms with E-state index >= 15 is 0 Å². The number of aromatic amines is 1. The van der Waals surface area contributed by atoms with Crippen molar-refractivity contribution in [2.24, 2.45) is 0 Å². The van der Waals surface area contributed by atoms with E-state index in [1.54, 1.807) is 11.1 Å². The Kier molecular flexibility index (Phi) is 4.04. The molecule has 0 radical (unpaired) electrons. The number of para-hydroxylation sites is 1. The number of benzene rings is 1. The second-order valence-corrected chi connectivity index (χ2v) is 5.80. The number of rotatable bonds is 4.